The van der Waals surface area contributed by atoms with Crippen molar-refractivity contribution in [3.8, 4) is 0 Å². The first-order valence-electron chi connectivity index (χ1n) is 6.13. The largest absolute Gasteiger partial charge is 0.395 e. The van der Waals surface area contributed by atoms with Gasteiger partial charge in [0.2, 0.25) is 5.91 Å². The van der Waals surface area contributed by atoms with Gasteiger partial charge in [0.25, 0.3) is 0 Å². The number of aliphatic hydroxyl groups excluding tert-OH is 3. The highest BCUT2D eigenvalue weighted by molar-refractivity contribution is 5.76. The first kappa shape index (κ1) is 17.1. The van der Waals surface area contributed by atoms with Gasteiger partial charge in [0.1, 0.15) is 0 Å². The molecule has 106 valence electrons. The molecule has 0 fully saturated rings. The molecule has 1 atom stereocenters. The van der Waals surface area contributed by atoms with Gasteiger partial charge in [0, 0.05) is 32.1 Å². The maximum atomic E-state index is 11.6. The highest BCUT2D eigenvalue weighted by Crippen LogP contribution is 2.09. The van der Waals surface area contributed by atoms with E-state index >= 15 is 0 Å². The van der Waals surface area contributed by atoms with Gasteiger partial charge in [0.05, 0.1) is 19.8 Å². The molecule has 1 unspecified atom stereocenters. The fourth-order valence-electron chi connectivity index (χ4n) is 1.77. The minimum absolute atomic E-state index is 0.0219. The number of carbonyl (C=O) groups excluding carboxylic acids is 1. The van der Waals surface area contributed by atoms with Gasteiger partial charge >= 0.3 is 0 Å². The lowest BCUT2D eigenvalue weighted by Crippen LogP contribution is -2.42. The first-order valence-corrected chi connectivity index (χ1v) is 6.13. The smallest absolute Gasteiger partial charge is 0.221 e. The van der Waals surface area contributed by atoms with Crippen molar-refractivity contribution in [1.82, 2.24) is 10.2 Å². The Bertz CT molecular complexity index is 230. The van der Waals surface area contributed by atoms with Gasteiger partial charge in [-0.05, 0) is 6.42 Å². The fraction of sp³-hybridized carbons (Fsp3) is 0.750. The first-order chi connectivity index (χ1) is 8.69. The summed E-state index contributed by atoms with van der Waals surface area (Å²) in [6, 6.07) is -0.0968. The summed E-state index contributed by atoms with van der Waals surface area (Å²) in [6.45, 7) is 4.57. The van der Waals surface area contributed by atoms with Crippen LogP contribution in [0.4, 0.5) is 0 Å². The van der Waals surface area contributed by atoms with E-state index < -0.39 is 0 Å². The van der Waals surface area contributed by atoms with Gasteiger partial charge < -0.3 is 20.6 Å². The molecule has 0 aromatic carbocycles. The van der Waals surface area contributed by atoms with Gasteiger partial charge in [0.15, 0.2) is 0 Å². The summed E-state index contributed by atoms with van der Waals surface area (Å²) < 4.78 is 0. The van der Waals surface area contributed by atoms with E-state index in [1.165, 1.54) is 0 Å². The molecule has 0 aliphatic carbocycles. The monoisotopic (exact) mass is 260 g/mol. The number of hydrogen-bond donors (Lipinski definition) is 4. The number of carbonyl (C=O) groups is 1. The SMILES string of the molecule is C=CCC(CC(=O)NCCO)N(CCO)CCO. The Morgan fingerprint density at radius 1 is 1.22 bits per heavy atom. The topological polar surface area (TPSA) is 93.0 Å². The highest BCUT2D eigenvalue weighted by Gasteiger charge is 2.19. The van der Waals surface area contributed by atoms with Crippen molar-refractivity contribution in [2.24, 2.45) is 0 Å². The summed E-state index contributed by atoms with van der Waals surface area (Å²) in [5.41, 5.74) is 0. The summed E-state index contributed by atoms with van der Waals surface area (Å²) in [7, 11) is 0. The molecule has 0 spiro atoms. The molecule has 0 rings (SSSR count). The predicted molar refractivity (Wildman–Crippen MR) is 69.1 cm³/mol. The summed E-state index contributed by atoms with van der Waals surface area (Å²) >= 11 is 0. The van der Waals surface area contributed by atoms with Crippen LogP contribution in [-0.2, 0) is 4.79 Å². The third kappa shape index (κ3) is 7.39. The van der Waals surface area contributed by atoms with Crippen LogP contribution in [-0.4, -0.2) is 71.6 Å². The van der Waals surface area contributed by atoms with Crippen LogP contribution in [0.15, 0.2) is 12.7 Å². The van der Waals surface area contributed by atoms with Gasteiger partial charge in [-0.25, -0.2) is 0 Å². The molecule has 0 saturated carbocycles. The fourth-order valence-corrected chi connectivity index (χ4v) is 1.77. The molecule has 0 aromatic heterocycles. The molecule has 0 radical (unpaired) electrons. The van der Waals surface area contributed by atoms with E-state index in [2.05, 4.69) is 11.9 Å². The number of amides is 1. The molecule has 0 aliphatic heterocycles. The quantitative estimate of drug-likeness (QED) is 0.347. The van der Waals surface area contributed by atoms with Crippen LogP contribution in [0.3, 0.4) is 0 Å². The van der Waals surface area contributed by atoms with Crippen molar-refractivity contribution in [3.05, 3.63) is 12.7 Å². The van der Waals surface area contributed by atoms with Gasteiger partial charge in [-0.3, -0.25) is 9.69 Å². The molecule has 6 heteroatoms. The van der Waals surface area contributed by atoms with Crippen LogP contribution < -0.4 is 5.32 Å². The summed E-state index contributed by atoms with van der Waals surface area (Å²) in [4.78, 5) is 13.5. The highest BCUT2D eigenvalue weighted by atomic mass is 16.3. The van der Waals surface area contributed by atoms with Crippen LogP contribution in [0, 0.1) is 0 Å². The summed E-state index contributed by atoms with van der Waals surface area (Å²) in [5, 5.41) is 29.2. The van der Waals surface area contributed by atoms with Crippen molar-refractivity contribution >= 4 is 5.91 Å². The Balaban J connectivity index is 4.39. The molecule has 0 aromatic rings. The predicted octanol–water partition coefficient (Wildman–Crippen LogP) is -1.28. The number of aliphatic hydroxyl groups is 3. The Morgan fingerprint density at radius 3 is 2.28 bits per heavy atom. The van der Waals surface area contributed by atoms with E-state index in [9.17, 15) is 4.79 Å². The Labute approximate surface area is 108 Å². The summed E-state index contributed by atoms with van der Waals surface area (Å²) in [5.74, 6) is -0.156. The molecule has 1 amide bonds. The van der Waals surface area contributed by atoms with Crippen molar-refractivity contribution in [3.63, 3.8) is 0 Å². The third-order valence-corrected chi connectivity index (χ3v) is 2.58. The molecular weight excluding hydrogens is 236 g/mol. The number of nitrogens with one attached hydrogen (secondary N) is 1. The normalized spacial score (nSPS) is 12.4. The van der Waals surface area contributed by atoms with Crippen LogP contribution in [0.2, 0.25) is 0 Å². The van der Waals surface area contributed by atoms with Crippen LogP contribution in [0.25, 0.3) is 0 Å². The molecule has 18 heavy (non-hydrogen) atoms. The van der Waals surface area contributed by atoms with E-state index in [0.29, 0.717) is 19.5 Å². The molecule has 0 aliphatic rings. The lowest BCUT2D eigenvalue weighted by molar-refractivity contribution is -0.122. The van der Waals surface area contributed by atoms with Crippen LogP contribution in [0.1, 0.15) is 12.8 Å². The Kier molecular flexibility index (Phi) is 10.6. The maximum Gasteiger partial charge on any atom is 0.221 e. The zero-order chi connectivity index (χ0) is 13.8. The number of hydrogen-bond acceptors (Lipinski definition) is 5. The van der Waals surface area contributed by atoms with Crippen LogP contribution in [0.5, 0.6) is 0 Å². The number of nitrogens with zero attached hydrogens (tertiary/aromatic N) is 1. The average Bonchev–Trinajstić information content (AvgIpc) is 2.35. The molecule has 4 N–H and O–H groups in total. The molecule has 0 heterocycles. The minimum atomic E-state index is -0.156. The van der Waals surface area contributed by atoms with E-state index in [4.69, 9.17) is 15.3 Å². The van der Waals surface area contributed by atoms with Gasteiger partial charge in [-0.2, -0.15) is 0 Å². The van der Waals surface area contributed by atoms with Crippen molar-refractivity contribution in [2.75, 3.05) is 39.5 Å². The standard InChI is InChI=1S/C12H24N2O4/c1-2-3-11(10-12(18)13-4-7-15)14(5-8-16)6-9-17/h2,11,15-17H,1,3-10H2,(H,13,18). The third-order valence-electron chi connectivity index (χ3n) is 2.58. The molecular formula is C12H24N2O4. The lowest BCUT2D eigenvalue weighted by atomic mass is 10.1. The van der Waals surface area contributed by atoms with Crippen molar-refractivity contribution < 1.29 is 20.1 Å². The molecule has 0 bridgehead atoms. The second kappa shape index (κ2) is 11.2. The van der Waals surface area contributed by atoms with Crippen molar-refractivity contribution in [2.45, 2.75) is 18.9 Å². The molecule has 6 nitrogen and oxygen atoms in total. The van der Waals surface area contributed by atoms with E-state index in [1.807, 2.05) is 4.90 Å². The van der Waals surface area contributed by atoms with E-state index in [-0.39, 0.29) is 44.7 Å². The van der Waals surface area contributed by atoms with E-state index in [1.54, 1.807) is 6.08 Å². The second-order valence-electron chi connectivity index (χ2n) is 3.94. The second-order valence-corrected chi connectivity index (χ2v) is 3.94. The number of rotatable bonds is 11. The minimum Gasteiger partial charge on any atom is -0.395 e. The van der Waals surface area contributed by atoms with Crippen molar-refractivity contribution in [1.29, 1.82) is 0 Å². The van der Waals surface area contributed by atoms with E-state index in [0.717, 1.165) is 0 Å². The van der Waals surface area contributed by atoms with Gasteiger partial charge in [-0.1, -0.05) is 6.08 Å². The average molecular weight is 260 g/mol. The maximum absolute atomic E-state index is 11.6. The molecule has 0 saturated heterocycles. The Morgan fingerprint density at radius 2 is 1.83 bits per heavy atom. The zero-order valence-electron chi connectivity index (χ0n) is 10.7. The van der Waals surface area contributed by atoms with Gasteiger partial charge in [-0.15, -0.1) is 6.58 Å². The zero-order valence-corrected chi connectivity index (χ0v) is 10.7. The van der Waals surface area contributed by atoms with Crippen LogP contribution >= 0.6 is 0 Å². The summed E-state index contributed by atoms with van der Waals surface area (Å²) in [6.07, 6.45) is 2.57. The Hall–Kier alpha value is -0.950. The lowest BCUT2D eigenvalue weighted by Gasteiger charge is -2.29.